The van der Waals surface area contributed by atoms with Crippen LogP contribution in [0.1, 0.15) is 36.7 Å². The maximum absolute atomic E-state index is 12.7. The molecule has 0 spiro atoms. The van der Waals surface area contributed by atoms with Gasteiger partial charge in [-0.25, -0.2) is 9.69 Å². The van der Waals surface area contributed by atoms with Crippen molar-refractivity contribution in [2.45, 2.75) is 26.4 Å². The van der Waals surface area contributed by atoms with Gasteiger partial charge in [-0.15, -0.1) is 0 Å². The largest absolute Gasteiger partial charge is 0.443 e. The number of ether oxygens (including phenoxy) is 1. The lowest BCUT2D eigenvalue weighted by atomic mass is 10.0. The highest BCUT2D eigenvalue weighted by Crippen LogP contribution is 2.39. The van der Waals surface area contributed by atoms with Crippen molar-refractivity contribution in [3.63, 3.8) is 0 Å². The lowest BCUT2D eigenvalue weighted by molar-refractivity contribution is 0.0567. The first kappa shape index (κ1) is 14.3. The molecule has 0 bridgehead atoms. The van der Waals surface area contributed by atoms with Crippen LogP contribution < -0.4 is 4.90 Å². The predicted octanol–water partition coefficient (Wildman–Crippen LogP) is 4.38. The second kappa shape index (κ2) is 4.70. The van der Waals surface area contributed by atoms with Gasteiger partial charge in [0.2, 0.25) is 0 Å². The number of imide groups is 1. The summed E-state index contributed by atoms with van der Waals surface area (Å²) in [4.78, 5) is 26.2. The molecule has 4 heteroatoms. The molecule has 0 unspecified atom stereocenters. The zero-order chi connectivity index (χ0) is 16.1. The Kier molecular flexibility index (Phi) is 3.06. The van der Waals surface area contributed by atoms with E-state index in [1.807, 2.05) is 18.2 Å². The van der Waals surface area contributed by atoms with E-state index >= 15 is 0 Å². The molecule has 2 aromatic rings. The van der Waals surface area contributed by atoms with Crippen molar-refractivity contribution < 1.29 is 14.3 Å². The van der Waals surface area contributed by atoms with E-state index in [0.717, 1.165) is 21.2 Å². The van der Waals surface area contributed by atoms with Gasteiger partial charge in [-0.1, -0.05) is 24.8 Å². The zero-order valence-electron chi connectivity index (χ0n) is 12.8. The monoisotopic (exact) mass is 295 g/mol. The Bertz CT molecular complexity index is 815. The smallest absolute Gasteiger partial charge is 0.422 e. The summed E-state index contributed by atoms with van der Waals surface area (Å²) in [5.74, 6) is -0.357. The van der Waals surface area contributed by atoms with Gasteiger partial charge in [0, 0.05) is 5.39 Å². The Morgan fingerprint density at radius 3 is 2.64 bits per heavy atom. The minimum Gasteiger partial charge on any atom is -0.443 e. The molecule has 0 radical (unpaired) electrons. The molecule has 1 aliphatic rings. The summed E-state index contributed by atoms with van der Waals surface area (Å²) >= 11 is 0. The summed E-state index contributed by atoms with van der Waals surface area (Å²) in [6, 6.07) is 9.20. The fourth-order valence-electron chi connectivity index (χ4n) is 2.62. The average Bonchev–Trinajstić information content (AvgIpc) is 2.71. The van der Waals surface area contributed by atoms with Crippen molar-refractivity contribution in [3.8, 4) is 0 Å². The van der Waals surface area contributed by atoms with Crippen LogP contribution in [0.3, 0.4) is 0 Å². The molecule has 0 atom stereocenters. The Morgan fingerprint density at radius 2 is 2.00 bits per heavy atom. The molecule has 4 nitrogen and oxygen atoms in total. The van der Waals surface area contributed by atoms with Crippen molar-refractivity contribution in [1.82, 2.24) is 0 Å². The third kappa shape index (κ3) is 2.17. The zero-order valence-corrected chi connectivity index (χ0v) is 12.8. The first-order valence-corrected chi connectivity index (χ1v) is 7.08. The molecule has 1 heterocycles. The Balaban J connectivity index is 2.16. The number of rotatable bonds is 1. The van der Waals surface area contributed by atoms with Crippen molar-refractivity contribution in [3.05, 3.63) is 48.0 Å². The number of hydrogen-bond donors (Lipinski definition) is 0. The summed E-state index contributed by atoms with van der Waals surface area (Å²) < 4.78 is 5.36. The molecule has 0 aliphatic carbocycles. The number of benzene rings is 2. The molecule has 112 valence electrons. The highest BCUT2D eigenvalue weighted by atomic mass is 16.6. The molecular formula is C18H17NO3. The van der Waals surface area contributed by atoms with Crippen molar-refractivity contribution in [2.75, 3.05) is 4.90 Å². The van der Waals surface area contributed by atoms with Crippen LogP contribution >= 0.6 is 0 Å². The third-order valence-electron chi connectivity index (χ3n) is 3.46. The lowest BCUT2D eigenvalue weighted by Gasteiger charge is -2.23. The normalized spacial score (nSPS) is 13.6. The Morgan fingerprint density at radius 1 is 1.27 bits per heavy atom. The van der Waals surface area contributed by atoms with Crippen LogP contribution in [-0.4, -0.2) is 17.6 Å². The van der Waals surface area contributed by atoms with Crippen LogP contribution in [0.25, 0.3) is 16.8 Å². The average molecular weight is 295 g/mol. The molecular weight excluding hydrogens is 278 g/mol. The first-order chi connectivity index (χ1) is 10.3. The van der Waals surface area contributed by atoms with Gasteiger partial charge >= 0.3 is 6.09 Å². The van der Waals surface area contributed by atoms with Crippen LogP contribution in [0.4, 0.5) is 10.5 Å². The molecule has 0 N–H and O–H groups in total. The maximum atomic E-state index is 12.7. The van der Waals surface area contributed by atoms with E-state index in [0.29, 0.717) is 11.3 Å². The van der Waals surface area contributed by atoms with E-state index in [4.69, 9.17) is 4.74 Å². The van der Waals surface area contributed by atoms with Crippen LogP contribution in [0.15, 0.2) is 36.9 Å². The van der Waals surface area contributed by atoms with Crippen LogP contribution in [0.2, 0.25) is 0 Å². The van der Waals surface area contributed by atoms with E-state index in [9.17, 15) is 9.59 Å². The first-order valence-electron chi connectivity index (χ1n) is 7.08. The summed E-state index contributed by atoms with van der Waals surface area (Å²) in [5, 5.41) is 1.69. The number of anilines is 1. The van der Waals surface area contributed by atoms with Gasteiger partial charge in [-0.05, 0) is 49.9 Å². The minimum atomic E-state index is -0.660. The molecule has 2 aromatic carbocycles. The van der Waals surface area contributed by atoms with E-state index < -0.39 is 11.7 Å². The summed E-state index contributed by atoms with van der Waals surface area (Å²) in [7, 11) is 0. The second-order valence-corrected chi connectivity index (χ2v) is 6.27. The van der Waals surface area contributed by atoms with Crippen molar-refractivity contribution in [2.24, 2.45) is 0 Å². The van der Waals surface area contributed by atoms with Gasteiger partial charge in [0.1, 0.15) is 5.60 Å². The summed E-state index contributed by atoms with van der Waals surface area (Å²) in [6.07, 6.45) is 1.04. The van der Waals surface area contributed by atoms with Gasteiger partial charge in [-0.3, -0.25) is 4.79 Å². The standard InChI is InChI=1S/C18H17NO3/c1-5-11-9-12-7-6-8-14-15(12)13(10-11)16(20)19(14)17(21)22-18(2,3)4/h5-10H,1H2,2-4H3. The molecule has 2 amide bonds. The summed E-state index contributed by atoms with van der Waals surface area (Å²) in [6.45, 7) is 9.06. The van der Waals surface area contributed by atoms with E-state index in [1.165, 1.54) is 0 Å². The topological polar surface area (TPSA) is 46.6 Å². The minimum absolute atomic E-state index is 0.357. The third-order valence-corrected chi connectivity index (χ3v) is 3.46. The van der Waals surface area contributed by atoms with Gasteiger partial charge in [0.15, 0.2) is 0 Å². The fourth-order valence-corrected chi connectivity index (χ4v) is 2.62. The van der Waals surface area contributed by atoms with Gasteiger partial charge in [0.05, 0.1) is 11.3 Å². The molecule has 0 saturated heterocycles. The number of amides is 2. The molecule has 22 heavy (non-hydrogen) atoms. The SMILES string of the molecule is C=Cc1cc2c3c(cccc3c1)N(C(=O)OC(C)(C)C)C2=O. The fraction of sp³-hybridized carbons (Fsp3) is 0.222. The van der Waals surface area contributed by atoms with Crippen LogP contribution in [0.5, 0.6) is 0 Å². The van der Waals surface area contributed by atoms with Gasteiger partial charge in [0.25, 0.3) is 5.91 Å². The van der Waals surface area contributed by atoms with Crippen molar-refractivity contribution in [1.29, 1.82) is 0 Å². The molecule has 3 rings (SSSR count). The number of carbonyl (C=O) groups excluding carboxylic acids is 2. The molecule has 0 fully saturated rings. The van der Waals surface area contributed by atoms with E-state index in [2.05, 4.69) is 6.58 Å². The highest BCUT2D eigenvalue weighted by molar-refractivity contribution is 6.32. The quantitative estimate of drug-likeness (QED) is 0.784. The summed E-state index contributed by atoms with van der Waals surface area (Å²) in [5.41, 5.74) is 1.27. The second-order valence-electron chi connectivity index (χ2n) is 6.27. The van der Waals surface area contributed by atoms with Gasteiger partial charge in [-0.2, -0.15) is 0 Å². The molecule has 0 saturated carbocycles. The van der Waals surface area contributed by atoms with E-state index in [-0.39, 0.29) is 5.91 Å². The lowest BCUT2D eigenvalue weighted by Crippen LogP contribution is -2.38. The maximum Gasteiger partial charge on any atom is 0.422 e. The number of nitrogens with zero attached hydrogens (tertiary/aromatic N) is 1. The Labute approximate surface area is 129 Å². The highest BCUT2D eigenvalue weighted by Gasteiger charge is 2.37. The number of carbonyl (C=O) groups is 2. The van der Waals surface area contributed by atoms with Crippen LogP contribution in [0, 0.1) is 0 Å². The predicted molar refractivity (Wildman–Crippen MR) is 87.1 cm³/mol. The molecule has 1 aliphatic heterocycles. The van der Waals surface area contributed by atoms with Gasteiger partial charge < -0.3 is 4.74 Å². The Hall–Kier alpha value is -2.62. The van der Waals surface area contributed by atoms with Crippen LogP contribution in [-0.2, 0) is 4.74 Å². The van der Waals surface area contributed by atoms with E-state index in [1.54, 1.807) is 39.0 Å². The number of hydrogen-bond acceptors (Lipinski definition) is 3. The molecule has 0 aromatic heterocycles. The van der Waals surface area contributed by atoms with Crippen molar-refractivity contribution >= 4 is 34.5 Å².